The van der Waals surface area contributed by atoms with Crippen LogP contribution in [0.15, 0.2) is 36.5 Å². The predicted molar refractivity (Wildman–Crippen MR) is 71.6 cm³/mol. The Labute approximate surface area is 111 Å². The monoisotopic (exact) mass is 258 g/mol. The molecule has 0 radical (unpaired) electrons. The van der Waals surface area contributed by atoms with Crippen LogP contribution in [0.25, 0.3) is 0 Å². The van der Waals surface area contributed by atoms with Gasteiger partial charge in [0.25, 0.3) is 0 Å². The average molecular weight is 258 g/mol. The van der Waals surface area contributed by atoms with Crippen LogP contribution in [0.4, 0.5) is 5.69 Å². The summed E-state index contributed by atoms with van der Waals surface area (Å²) in [5, 5.41) is 0. The Morgan fingerprint density at radius 2 is 1.79 bits per heavy atom. The summed E-state index contributed by atoms with van der Waals surface area (Å²) in [6, 6.07) is 8.41. The molecule has 98 valence electrons. The van der Waals surface area contributed by atoms with Gasteiger partial charge in [-0.2, -0.15) is 0 Å². The lowest BCUT2D eigenvalue weighted by molar-refractivity contribution is 0.103. The molecular weight excluding hydrogens is 244 g/mol. The number of para-hydroxylation sites is 1. The van der Waals surface area contributed by atoms with E-state index in [2.05, 4.69) is 4.98 Å². The first-order chi connectivity index (χ1) is 9.19. The molecule has 0 fully saturated rings. The van der Waals surface area contributed by atoms with E-state index >= 15 is 0 Å². The minimum absolute atomic E-state index is 0.227. The number of carbonyl (C=O) groups is 1. The number of ether oxygens (including phenoxy) is 2. The minimum Gasteiger partial charge on any atom is -0.495 e. The lowest BCUT2D eigenvalue weighted by atomic mass is 10.0. The second-order valence-corrected chi connectivity index (χ2v) is 3.80. The molecular formula is C14H14N2O3. The fourth-order valence-corrected chi connectivity index (χ4v) is 1.77. The molecule has 0 spiro atoms. The minimum atomic E-state index is -0.297. The standard InChI is InChI=1S/C14H14N2O3/c1-18-10-6-3-5-9(12(10)15)14(17)13-11(19-2)7-4-8-16-13/h3-8H,15H2,1-2H3. The first-order valence-corrected chi connectivity index (χ1v) is 5.65. The van der Waals surface area contributed by atoms with Gasteiger partial charge in [0.15, 0.2) is 5.69 Å². The number of aromatic nitrogens is 1. The number of benzene rings is 1. The Morgan fingerprint density at radius 3 is 2.47 bits per heavy atom. The zero-order valence-corrected chi connectivity index (χ0v) is 10.7. The molecule has 0 atom stereocenters. The highest BCUT2D eigenvalue weighted by Gasteiger charge is 2.19. The van der Waals surface area contributed by atoms with Crippen molar-refractivity contribution in [1.82, 2.24) is 4.98 Å². The SMILES string of the molecule is COc1cccnc1C(=O)c1cccc(OC)c1N. The molecule has 0 amide bonds. The largest absolute Gasteiger partial charge is 0.495 e. The molecule has 0 aliphatic rings. The van der Waals surface area contributed by atoms with E-state index in [1.165, 1.54) is 20.4 Å². The van der Waals surface area contributed by atoms with Crippen molar-refractivity contribution in [1.29, 1.82) is 0 Å². The smallest absolute Gasteiger partial charge is 0.217 e. The summed E-state index contributed by atoms with van der Waals surface area (Å²) in [5.41, 5.74) is 6.77. The van der Waals surface area contributed by atoms with Gasteiger partial charge in [-0.15, -0.1) is 0 Å². The molecule has 1 aromatic heterocycles. The number of hydrogen-bond acceptors (Lipinski definition) is 5. The molecule has 0 aliphatic heterocycles. The van der Waals surface area contributed by atoms with E-state index in [1.54, 1.807) is 30.3 Å². The van der Waals surface area contributed by atoms with Crippen LogP contribution in [0.2, 0.25) is 0 Å². The van der Waals surface area contributed by atoms with Crippen LogP contribution < -0.4 is 15.2 Å². The van der Waals surface area contributed by atoms with Gasteiger partial charge in [-0.05, 0) is 24.3 Å². The molecule has 1 heterocycles. The van der Waals surface area contributed by atoms with Crippen molar-refractivity contribution < 1.29 is 14.3 Å². The van der Waals surface area contributed by atoms with Crippen LogP contribution in [-0.2, 0) is 0 Å². The van der Waals surface area contributed by atoms with Crippen molar-refractivity contribution in [2.24, 2.45) is 0 Å². The molecule has 0 saturated carbocycles. The highest BCUT2D eigenvalue weighted by atomic mass is 16.5. The van der Waals surface area contributed by atoms with Crippen LogP contribution in [-0.4, -0.2) is 25.0 Å². The number of pyridine rings is 1. The fraction of sp³-hybridized carbons (Fsp3) is 0.143. The number of nitrogen functional groups attached to an aromatic ring is 1. The third kappa shape index (κ3) is 2.35. The van der Waals surface area contributed by atoms with Crippen molar-refractivity contribution in [3.63, 3.8) is 0 Å². The van der Waals surface area contributed by atoms with Crippen molar-refractivity contribution in [3.05, 3.63) is 47.8 Å². The summed E-state index contributed by atoms with van der Waals surface area (Å²) in [4.78, 5) is 16.5. The van der Waals surface area contributed by atoms with Crippen LogP contribution in [0.3, 0.4) is 0 Å². The summed E-state index contributed by atoms with van der Waals surface area (Å²) in [7, 11) is 2.99. The third-order valence-corrected chi connectivity index (χ3v) is 2.74. The highest BCUT2D eigenvalue weighted by molar-refractivity contribution is 6.13. The van der Waals surface area contributed by atoms with Gasteiger partial charge in [0.1, 0.15) is 11.5 Å². The molecule has 0 saturated heterocycles. The number of nitrogens with zero attached hydrogens (tertiary/aromatic N) is 1. The molecule has 0 bridgehead atoms. The lowest BCUT2D eigenvalue weighted by Crippen LogP contribution is -2.09. The molecule has 2 aromatic rings. The fourth-order valence-electron chi connectivity index (χ4n) is 1.77. The normalized spacial score (nSPS) is 10.0. The molecule has 2 rings (SSSR count). The molecule has 19 heavy (non-hydrogen) atoms. The molecule has 0 unspecified atom stereocenters. The van der Waals surface area contributed by atoms with Crippen molar-refractivity contribution in [2.75, 3.05) is 20.0 Å². The van der Waals surface area contributed by atoms with E-state index < -0.39 is 0 Å². The maximum Gasteiger partial charge on any atom is 0.217 e. The molecule has 5 nitrogen and oxygen atoms in total. The van der Waals surface area contributed by atoms with Gasteiger partial charge in [0.05, 0.1) is 25.5 Å². The summed E-state index contributed by atoms with van der Waals surface area (Å²) in [6.45, 7) is 0. The van der Waals surface area contributed by atoms with Gasteiger partial charge in [-0.3, -0.25) is 4.79 Å². The van der Waals surface area contributed by atoms with E-state index in [4.69, 9.17) is 15.2 Å². The third-order valence-electron chi connectivity index (χ3n) is 2.74. The Bertz CT molecular complexity index is 611. The number of anilines is 1. The van der Waals surface area contributed by atoms with Gasteiger partial charge < -0.3 is 15.2 Å². The maximum absolute atomic E-state index is 12.4. The lowest BCUT2D eigenvalue weighted by Gasteiger charge is -2.10. The van der Waals surface area contributed by atoms with Crippen LogP contribution in [0.5, 0.6) is 11.5 Å². The van der Waals surface area contributed by atoms with Crippen molar-refractivity contribution >= 4 is 11.5 Å². The van der Waals surface area contributed by atoms with E-state index in [9.17, 15) is 4.79 Å². The topological polar surface area (TPSA) is 74.4 Å². The van der Waals surface area contributed by atoms with E-state index in [0.29, 0.717) is 22.7 Å². The van der Waals surface area contributed by atoms with Gasteiger partial charge in [-0.1, -0.05) is 6.07 Å². The molecule has 1 aromatic carbocycles. The first-order valence-electron chi connectivity index (χ1n) is 5.65. The Kier molecular flexibility index (Phi) is 3.66. The average Bonchev–Trinajstić information content (AvgIpc) is 2.46. The summed E-state index contributed by atoms with van der Waals surface area (Å²) >= 11 is 0. The summed E-state index contributed by atoms with van der Waals surface area (Å²) in [6.07, 6.45) is 1.53. The number of nitrogens with two attached hydrogens (primary N) is 1. The second kappa shape index (κ2) is 5.39. The van der Waals surface area contributed by atoms with Crippen LogP contribution in [0.1, 0.15) is 16.1 Å². The maximum atomic E-state index is 12.4. The number of rotatable bonds is 4. The summed E-state index contributed by atoms with van der Waals surface area (Å²) < 4.78 is 10.2. The Balaban J connectivity index is 2.50. The Morgan fingerprint density at radius 1 is 1.11 bits per heavy atom. The van der Waals surface area contributed by atoms with E-state index in [-0.39, 0.29) is 11.5 Å². The quantitative estimate of drug-likeness (QED) is 0.669. The first kappa shape index (κ1) is 12.9. The van der Waals surface area contributed by atoms with E-state index in [1.807, 2.05) is 0 Å². The molecule has 0 aliphatic carbocycles. The summed E-state index contributed by atoms with van der Waals surface area (Å²) in [5.74, 6) is 0.573. The number of ketones is 1. The zero-order valence-electron chi connectivity index (χ0n) is 10.7. The van der Waals surface area contributed by atoms with Crippen molar-refractivity contribution in [2.45, 2.75) is 0 Å². The predicted octanol–water partition coefficient (Wildman–Crippen LogP) is 1.91. The van der Waals surface area contributed by atoms with Gasteiger partial charge in [-0.25, -0.2) is 4.98 Å². The number of hydrogen-bond donors (Lipinski definition) is 1. The van der Waals surface area contributed by atoms with Gasteiger partial charge in [0, 0.05) is 6.20 Å². The second-order valence-electron chi connectivity index (χ2n) is 3.80. The van der Waals surface area contributed by atoms with Crippen molar-refractivity contribution in [3.8, 4) is 11.5 Å². The molecule has 5 heteroatoms. The Hall–Kier alpha value is -2.56. The van der Waals surface area contributed by atoms with E-state index in [0.717, 1.165) is 0 Å². The van der Waals surface area contributed by atoms with Gasteiger partial charge in [0.2, 0.25) is 5.78 Å². The number of carbonyl (C=O) groups excluding carboxylic acids is 1. The molecule has 2 N–H and O–H groups in total. The van der Waals surface area contributed by atoms with Crippen LogP contribution >= 0.6 is 0 Å². The highest BCUT2D eigenvalue weighted by Crippen LogP contribution is 2.28. The van der Waals surface area contributed by atoms with Gasteiger partial charge >= 0.3 is 0 Å². The van der Waals surface area contributed by atoms with Crippen LogP contribution in [0, 0.1) is 0 Å². The zero-order chi connectivity index (χ0) is 13.8. The number of methoxy groups -OCH3 is 2.